The lowest BCUT2D eigenvalue weighted by Gasteiger charge is -2.17. The van der Waals surface area contributed by atoms with Crippen molar-refractivity contribution in [1.82, 2.24) is 0 Å². The van der Waals surface area contributed by atoms with Gasteiger partial charge < -0.3 is 14.2 Å². The second-order valence-corrected chi connectivity index (χ2v) is 5.38. The normalized spacial score (nSPS) is 11.5. The third-order valence-electron chi connectivity index (χ3n) is 2.47. The van der Waals surface area contributed by atoms with Gasteiger partial charge >= 0.3 is 5.97 Å². The minimum Gasteiger partial charge on any atom is -0.432 e. The quantitative estimate of drug-likeness (QED) is 0.202. The Morgan fingerprint density at radius 2 is 1.62 bits per heavy atom. The third kappa shape index (κ3) is 12.1. The van der Waals surface area contributed by atoms with Crippen LogP contribution in [0.2, 0.25) is 0 Å². The second-order valence-electron chi connectivity index (χ2n) is 5.38. The molecule has 0 aromatic carbocycles. The molecule has 0 saturated carbocycles. The predicted octanol–water partition coefficient (Wildman–Crippen LogP) is 3.79. The summed E-state index contributed by atoms with van der Waals surface area (Å²) >= 11 is 0. The molecule has 0 rings (SSSR count). The molecule has 0 heterocycles. The Balaban J connectivity index is 4.23. The molecule has 0 bridgehead atoms. The van der Waals surface area contributed by atoms with E-state index >= 15 is 0 Å². The molecule has 0 radical (unpaired) electrons. The number of hydrogen-bond donors (Lipinski definition) is 0. The summed E-state index contributed by atoms with van der Waals surface area (Å²) in [6, 6.07) is 0. The van der Waals surface area contributed by atoms with Gasteiger partial charge in [0.1, 0.15) is 0 Å². The van der Waals surface area contributed by atoms with Gasteiger partial charge in [-0.05, 0) is 34.6 Å². The maximum Gasteiger partial charge on any atom is 0.335 e. The molecule has 0 aromatic rings. The van der Waals surface area contributed by atoms with Crippen molar-refractivity contribution in [2.45, 2.75) is 47.3 Å². The molecule has 1 atom stereocenters. The number of rotatable bonds is 10. The van der Waals surface area contributed by atoms with Gasteiger partial charge in [0.15, 0.2) is 0 Å². The van der Waals surface area contributed by atoms with Gasteiger partial charge in [-0.25, -0.2) is 4.79 Å². The summed E-state index contributed by atoms with van der Waals surface area (Å²) in [5.74, 6) is -0.443. The van der Waals surface area contributed by atoms with E-state index in [0.717, 1.165) is 5.57 Å². The molecule has 1 unspecified atom stereocenters. The number of carbonyl (C=O) groups is 1. The van der Waals surface area contributed by atoms with Crippen LogP contribution < -0.4 is 0 Å². The van der Waals surface area contributed by atoms with Crippen LogP contribution in [-0.2, 0) is 19.0 Å². The minimum atomic E-state index is -0.614. The van der Waals surface area contributed by atoms with Crippen molar-refractivity contribution in [1.29, 1.82) is 0 Å². The van der Waals surface area contributed by atoms with E-state index in [1.165, 1.54) is 5.57 Å². The van der Waals surface area contributed by atoms with Crippen molar-refractivity contribution < 1.29 is 19.0 Å². The maximum absolute atomic E-state index is 11.6. The van der Waals surface area contributed by atoms with E-state index in [2.05, 4.69) is 6.58 Å². The van der Waals surface area contributed by atoms with Crippen LogP contribution in [0.25, 0.3) is 0 Å². The Kier molecular flexibility index (Phi) is 10.5. The number of ether oxygens (including phenoxy) is 3. The molecule has 0 aliphatic heterocycles. The monoisotopic (exact) mass is 296 g/mol. The van der Waals surface area contributed by atoms with Gasteiger partial charge in [0.05, 0.1) is 19.8 Å². The van der Waals surface area contributed by atoms with E-state index in [0.29, 0.717) is 31.8 Å². The van der Waals surface area contributed by atoms with Crippen LogP contribution in [0.15, 0.2) is 35.5 Å². The van der Waals surface area contributed by atoms with E-state index < -0.39 is 12.3 Å². The van der Waals surface area contributed by atoms with Crippen molar-refractivity contribution in [3.8, 4) is 0 Å². The summed E-state index contributed by atoms with van der Waals surface area (Å²) in [4.78, 5) is 11.6. The topological polar surface area (TPSA) is 44.8 Å². The van der Waals surface area contributed by atoms with Crippen molar-refractivity contribution >= 4 is 5.97 Å². The summed E-state index contributed by atoms with van der Waals surface area (Å²) in [5, 5.41) is 0. The first-order chi connectivity index (χ1) is 9.82. The number of esters is 1. The molecule has 0 fully saturated rings. The fourth-order valence-electron chi connectivity index (χ4n) is 1.21. The van der Waals surface area contributed by atoms with Crippen LogP contribution in [0.5, 0.6) is 0 Å². The van der Waals surface area contributed by atoms with Crippen molar-refractivity contribution in [3.63, 3.8) is 0 Å². The molecular weight excluding hydrogens is 268 g/mol. The van der Waals surface area contributed by atoms with Crippen LogP contribution >= 0.6 is 0 Å². The molecule has 120 valence electrons. The van der Waals surface area contributed by atoms with Crippen molar-refractivity contribution in [2.75, 3.05) is 19.8 Å². The van der Waals surface area contributed by atoms with Gasteiger partial charge in [-0.3, -0.25) is 0 Å². The first-order valence-corrected chi connectivity index (χ1v) is 7.15. The van der Waals surface area contributed by atoms with Gasteiger partial charge in [0.25, 0.3) is 0 Å². The first kappa shape index (κ1) is 19.6. The Morgan fingerprint density at radius 1 is 1.05 bits per heavy atom. The van der Waals surface area contributed by atoms with Gasteiger partial charge in [0.2, 0.25) is 6.29 Å². The zero-order valence-electron chi connectivity index (χ0n) is 13.9. The fraction of sp³-hybridized carbons (Fsp3) is 0.588. The molecule has 21 heavy (non-hydrogen) atoms. The van der Waals surface area contributed by atoms with Gasteiger partial charge in [-0.2, -0.15) is 0 Å². The van der Waals surface area contributed by atoms with Crippen LogP contribution in [0.4, 0.5) is 0 Å². The molecule has 0 N–H and O–H groups in total. The second kappa shape index (κ2) is 11.3. The molecular formula is C17H28O4. The average molecular weight is 296 g/mol. The smallest absolute Gasteiger partial charge is 0.335 e. The summed E-state index contributed by atoms with van der Waals surface area (Å²) in [6.07, 6.45) is 3.81. The van der Waals surface area contributed by atoms with E-state index in [4.69, 9.17) is 14.2 Å². The Labute approximate surface area is 128 Å². The lowest BCUT2D eigenvalue weighted by Crippen LogP contribution is -2.24. The third-order valence-corrected chi connectivity index (χ3v) is 2.47. The molecule has 0 spiro atoms. The summed E-state index contributed by atoms with van der Waals surface area (Å²) in [6.45, 7) is 14.6. The van der Waals surface area contributed by atoms with Gasteiger partial charge in [-0.15, -0.1) is 0 Å². The van der Waals surface area contributed by atoms with E-state index in [1.807, 2.05) is 39.8 Å². The van der Waals surface area contributed by atoms with Crippen molar-refractivity contribution in [2.24, 2.45) is 0 Å². The average Bonchev–Trinajstić information content (AvgIpc) is 2.36. The molecule has 4 nitrogen and oxygen atoms in total. The minimum absolute atomic E-state index is 0.358. The lowest BCUT2D eigenvalue weighted by molar-refractivity contribution is -0.175. The Bertz CT molecular complexity index is 386. The van der Waals surface area contributed by atoms with Crippen LogP contribution in [0.3, 0.4) is 0 Å². The molecule has 4 heteroatoms. The van der Waals surface area contributed by atoms with E-state index in [9.17, 15) is 4.79 Å². The molecule has 0 saturated heterocycles. The zero-order valence-corrected chi connectivity index (χ0v) is 13.9. The SMILES string of the molecule is C=C(C)C(=O)OC(CCOCC=C(C)C)OCC=C(C)C. The zero-order chi connectivity index (χ0) is 16.3. The van der Waals surface area contributed by atoms with Crippen molar-refractivity contribution in [3.05, 3.63) is 35.5 Å². The van der Waals surface area contributed by atoms with Gasteiger partial charge in [-0.1, -0.05) is 29.9 Å². The van der Waals surface area contributed by atoms with E-state index in [1.54, 1.807) is 6.92 Å². The predicted molar refractivity (Wildman–Crippen MR) is 84.9 cm³/mol. The molecule has 0 amide bonds. The number of hydrogen-bond acceptors (Lipinski definition) is 4. The number of carbonyl (C=O) groups excluding carboxylic acids is 1. The molecule has 0 aliphatic rings. The summed E-state index contributed by atoms with van der Waals surface area (Å²) in [5.41, 5.74) is 2.72. The first-order valence-electron chi connectivity index (χ1n) is 7.15. The fourth-order valence-corrected chi connectivity index (χ4v) is 1.21. The Hall–Kier alpha value is -1.39. The molecule has 0 aromatic heterocycles. The van der Waals surface area contributed by atoms with Crippen LogP contribution in [-0.4, -0.2) is 32.1 Å². The summed E-state index contributed by atoms with van der Waals surface area (Å²) in [7, 11) is 0. The molecule has 0 aliphatic carbocycles. The number of allylic oxidation sites excluding steroid dienone is 2. The lowest BCUT2D eigenvalue weighted by atomic mass is 10.3. The Morgan fingerprint density at radius 3 is 2.14 bits per heavy atom. The largest absolute Gasteiger partial charge is 0.432 e. The summed E-state index contributed by atoms with van der Waals surface area (Å²) < 4.78 is 16.2. The van der Waals surface area contributed by atoms with Crippen LogP contribution in [0, 0.1) is 0 Å². The van der Waals surface area contributed by atoms with Crippen LogP contribution in [0.1, 0.15) is 41.0 Å². The van der Waals surface area contributed by atoms with E-state index in [-0.39, 0.29) is 0 Å². The van der Waals surface area contributed by atoms with Gasteiger partial charge in [0, 0.05) is 12.0 Å². The maximum atomic E-state index is 11.6. The highest BCUT2D eigenvalue weighted by atomic mass is 16.7. The highest BCUT2D eigenvalue weighted by Crippen LogP contribution is 2.06. The standard InChI is InChI=1S/C17H28O4/c1-13(2)7-10-19-11-9-16(20-12-8-14(3)4)21-17(18)15(5)6/h7-8,16H,5,9-12H2,1-4,6H3. The highest BCUT2D eigenvalue weighted by Gasteiger charge is 2.15. The highest BCUT2D eigenvalue weighted by molar-refractivity contribution is 5.86.